The summed E-state index contributed by atoms with van der Waals surface area (Å²) in [5.74, 6) is -0.490. The number of rotatable bonds is 19. The molecule has 0 aliphatic rings. The van der Waals surface area contributed by atoms with Crippen LogP contribution in [0.4, 0.5) is 4.79 Å². The summed E-state index contributed by atoms with van der Waals surface area (Å²) in [6.45, 7) is 3.11. The van der Waals surface area contributed by atoms with Gasteiger partial charge in [0.25, 0.3) is 0 Å². The van der Waals surface area contributed by atoms with Gasteiger partial charge in [0.15, 0.2) is 0 Å². The van der Waals surface area contributed by atoms with E-state index >= 15 is 0 Å². The average Bonchev–Trinajstić information content (AvgIpc) is 2.64. The molecule has 0 saturated heterocycles. The lowest BCUT2D eigenvalue weighted by atomic mass is 10.0. The molecule has 0 aromatic rings. The SMILES string of the molecule is CCOC(=O)OC(=O)CCCCCCCCCCCCCCCOCOC. The van der Waals surface area contributed by atoms with E-state index in [9.17, 15) is 9.59 Å². The van der Waals surface area contributed by atoms with Gasteiger partial charge in [-0.3, -0.25) is 4.79 Å². The predicted octanol–water partition coefficient (Wildman–Crippen LogP) is 5.77. The van der Waals surface area contributed by atoms with Crippen LogP contribution in [0, 0.1) is 0 Å². The van der Waals surface area contributed by atoms with Crippen LogP contribution in [-0.2, 0) is 23.7 Å². The fraction of sp³-hybridized carbons (Fsp3) is 0.905. The lowest BCUT2D eigenvalue weighted by molar-refractivity contribution is -0.139. The van der Waals surface area contributed by atoms with Crippen LogP contribution in [0.1, 0.15) is 96.8 Å². The summed E-state index contributed by atoms with van der Waals surface area (Å²) >= 11 is 0. The highest BCUT2D eigenvalue weighted by molar-refractivity contribution is 5.81. The van der Waals surface area contributed by atoms with Gasteiger partial charge in [0.2, 0.25) is 0 Å². The van der Waals surface area contributed by atoms with Crippen molar-refractivity contribution >= 4 is 12.1 Å². The fourth-order valence-corrected chi connectivity index (χ4v) is 2.85. The molecule has 0 radical (unpaired) electrons. The molecule has 160 valence electrons. The lowest BCUT2D eigenvalue weighted by Gasteiger charge is -2.04. The van der Waals surface area contributed by atoms with Crippen LogP contribution in [0.25, 0.3) is 0 Å². The standard InChI is InChI=1S/C21H40O6/c1-3-26-21(23)27-20(22)17-15-13-11-9-7-5-4-6-8-10-12-14-16-18-25-19-24-2/h3-19H2,1-2H3. The van der Waals surface area contributed by atoms with Gasteiger partial charge in [-0.25, -0.2) is 4.79 Å². The van der Waals surface area contributed by atoms with Crippen LogP contribution in [0.2, 0.25) is 0 Å². The van der Waals surface area contributed by atoms with Gasteiger partial charge in [-0.05, 0) is 19.8 Å². The molecule has 6 nitrogen and oxygen atoms in total. The van der Waals surface area contributed by atoms with E-state index < -0.39 is 12.1 Å². The Bertz CT molecular complexity index is 346. The number of carbonyl (C=O) groups excluding carboxylic acids is 2. The predicted molar refractivity (Wildman–Crippen MR) is 106 cm³/mol. The number of hydrogen-bond acceptors (Lipinski definition) is 6. The third kappa shape index (κ3) is 21.0. The molecule has 6 heteroatoms. The number of carbonyl (C=O) groups is 2. The Morgan fingerprint density at radius 3 is 1.67 bits per heavy atom. The minimum absolute atomic E-state index is 0.219. The minimum Gasteiger partial charge on any atom is -0.434 e. The van der Waals surface area contributed by atoms with Crippen molar-refractivity contribution in [2.45, 2.75) is 96.8 Å². The van der Waals surface area contributed by atoms with E-state index in [4.69, 9.17) is 9.47 Å². The first-order valence-electron chi connectivity index (χ1n) is 10.6. The number of esters is 1. The van der Waals surface area contributed by atoms with Gasteiger partial charge < -0.3 is 18.9 Å². The molecule has 27 heavy (non-hydrogen) atoms. The summed E-state index contributed by atoms with van der Waals surface area (Å²) in [5.41, 5.74) is 0. The van der Waals surface area contributed by atoms with Gasteiger partial charge >= 0.3 is 12.1 Å². The average molecular weight is 389 g/mol. The first kappa shape index (κ1) is 25.9. The van der Waals surface area contributed by atoms with Crippen LogP contribution in [-0.4, -0.2) is 39.2 Å². The number of hydrogen-bond donors (Lipinski definition) is 0. The summed E-state index contributed by atoms with van der Waals surface area (Å²) < 4.78 is 19.2. The van der Waals surface area contributed by atoms with Crippen molar-refractivity contribution in [1.29, 1.82) is 0 Å². The molecule has 0 bridgehead atoms. The third-order valence-corrected chi connectivity index (χ3v) is 4.33. The first-order chi connectivity index (χ1) is 13.2. The Balaban J connectivity index is 3.14. The van der Waals surface area contributed by atoms with Crippen LogP contribution < -0.4 is 0 Å². The Labute approximate surface area is 165 Å². The zero-order valence-corrected chi connectivity index (χ0v) is 17.5. The first-order valence-corrected chi connectivity index (χ1v) is 10.6. The summed E-state index contributed by atoms with van der Waals surface area (Å²) in [6.07, 6.45) is 15.1. The van der Waals surface area contributed by atoms with Gasteiger partial charge in [0.1, 0.15) is 6.79 Å². The molecule has 0 amide bonds. The van der Waals surface area contributed by atoms with E-state index in [1.54, 1.807) is 14.0 Å². The largest absolute Gasteiger partial charge is 0.516 e. The topological polar surface area (TPSA) is 71.1 Å². The quantitative estimate of drug-likeness (QED) is 0.121. The monoisotopic (exact) mass is 388 g/mol. The molecule has 0 rings (SSSR count). The highest BCUT2D eigenvalue weighted by Crippen LogP contribution is 2.13. The van der Waals surface area contributed by atoms with Crippen LogP contribution in [0.3, 0.4) is 0 Å². The third-order valence-electron chi connectivity index (χ3n) is 4.33. The van der Waals surface area contributed by atoms with Crippen LogP contribution in [0.15, 0.2) is 0 Å². The Morgan fingerprint density at radius 2 is 1.19 bits per heavy atom. The Morgan fingerprint density at radius 1 is 0.704 bits per heavy atom. The number of ether oxygens (including phenoxy) is 4. The molecule has 0 aliphatic heterocycles. The lowest BCUT2D eigenvalue weighted by Crippen LogP contribution is -2.13. The van der Waals surface area contributed by atoms with Crippen molar-refractivity contribution in [3.8, 4) is 0 Å². The molecule has 0 aliphatic carbocycles. The van der Waals surface area contributed by atoms with E-state index in [-0.39, 0.29) is 13.0 Å². The smallest absolute Gasteiger partial charge is 0.434 e. The van der Waals surface area contributed by atoms with Crippen molar-refractivity contribution in [2.24, 2.45) is 0 Å². The van der Waals surface area contributed by atoms with E-state index in [2.05, 4.69) is 9.47 Å². The maximum atomic E-state index is 11.4. The molecule has 0 N–H and O–H groups in total. The Kier molecular flexibility index (Phi) is 20.3. The van der Waals surface area contributed by atoms with Gasteiger partial charge in [0.05, 0.1) is 6.61 Å². The summed E-state index contributed by atoms with van der Waals surface area (Å²) in [6, 6.07) is 0. The van der Waals surface area contributed by atoms with Gasteiger partial charge in [-0.1, -0.05) is 70.6 Å². The fourth-order valence-electron chi connectivity index (χ4n) is 2.85. The van der Waals surface area contributed by atoms with Gasteiger partial charge in [-0.15, -0.1) is 0 Å². The number of methoxy groups -OCH3 is 1. The molecule has 0 heterocycles. The maximum absolute atomic E-state index is 11.4. The molecule has 0 spiro atoms. The van der Waals surface area contributed by atoms with Crippen molar-refractivity contribution in [3.63, 3.8) is 0 Å². The molecular formula is C21H40O6. The van der Waals surface area contributed by atoms with E-state index in [0.717, 1.165) is 32.3 Å². The van der Waals surface area contributed by atoms with Crippen LogP contribution >= 0.6 is 0 Å². The maximum Gasteiger partial charge on any atom is 0.516 e. The molecule has 0 fully saturated rings. The molecule has 0 saturated carbocycles. The number of unbranched alkanes of at least 4 members (excludes halogenated alkanes) is 12. The molecule has 0 unspecified atom stereocenters. The molecule has 0 aromatic carbocycles. The zero-order chi connectivity index (χ0) is 20.0. The Hall–Kier alpha value is -1.14. The second-order valence-electron chi connectivity index (χ2n) is 6.82. The second kappa shape index (κ2) is 21.2. The zero-order valence-electron chi connectivity index (χ0n) is 17.5. The normalized spacial score (nSPS) is 10.7. The summed E-state index contributed by atoms with van der Waals surface area (Å²) in [5, 5.41) is 0. The highest BCUT2D eigenvalue weighted by Gasteiger charge is 2.10. The van der Waals surface area contributed by atoms with Crippen LogP contribution in [0.5, 0.6) is 0 Å². The molecule has 0 aromatic heterocycles. The van der Waals surface area contributed by atoms with E-state index in [0.29, 0.717) is 6.79 Å². The van der Waals surface area contributed by atoms with E-state index in [1.807, 2.05) is 0 Å². The molecular weight excluding hydrogens is 348 g/mol. The van der Waals surface area contributed by atoms with Crippen molar-refractivity contribution in [2.75, 3.05) is 27.1 Å². The van der Waals surface area contributed by atoms with Crippen molar-refractivity contribution in [1.82, 2.24) is 0 Å². The molecule has 0 atom stereocenters. The second-order valence-corrected chi connectivity index (χ2v) is 6.82. The van der Waals surface area contributed by atoms with Gasteiger partial charge in [-0.2, -0.15) is 0 Å². The van der Waals surface area contributed by atoms with Crippen molar-refractivity contribution in [3.05, 3.63) is 0 Å². The van der Waals surface area contributed by atoms with E-state index in [1.165, 1.54) is 57.8 Å². The minimum atomic E-state index is -0.890. The summed E-state index contributed by atoms with van der Waals surface area (Å²) in [7, 11) is 1.65. The van der Waals surface area contributed by atoms with Crippen molar-refractivity contribution < 1.29 is 28.5 Å². The highest BCUT2D eigenvalue weighted by atomic mass is 16.7. The van der Waals surface area contributed by atoms with Gasteiger partial charge in [0, 0.05) is 20.1 Å². The summed E-state index contributed by atoms with van der Waals surface area (Å²) in [4.78, 5) is 22.3.